The zero-order chi connectivity index (χ0) is 15.9. The van der Waals surface area contributed by atoms with Crippen molar-refractivity contribution in [3.8, 4) is 17.2 Å². The molecule has 0 unspecified atom stereocenters. The monoisotopic (exact) mass is 303 g/mol. The van der Waals surface area contributed by atoms with Gasteiger partial charge in [-0.3, -0.25) is 0 Å². The lowest BCUT2D eigenvalue weighted by Crippen LogP contribution is -2.23. The van der Waals surface area contributed by atoms with E-state index < -0.39 is 0 Å². The molecular formula is C18H17N5. The molecule has 2 aromatic heterocycles. The first kappa shape index (κ1) is 13.9. The first-order chi connectivity index (χ1) is 11.3. The van der Waals surface area contributed by atoms with Gasteiger partial charge in [-0.1, -0.05) is 24.3 Å². The molecule has 0 bridgehead atoms. The van der Waals surface area contributed by atoms with Crippen molar-refractivity contribution in [2.24, 2.45) is 0 Å². The lowest BCUT2D eigenvalue weighted by atomic mass is 9.94. The summed E-state index contributed by atoms with van der Waals surface area (Å²) < 4.78 is 1.66. The van der Waals surface area contributed by atoms with E-state index >= 15 is 0 Å². The highest BCUT2D eigenvalue weighted by Gasteiger charge is 2.43. The Morgan fingerprint density at radius 2 is 2.00 bits per heavy atom. The molecule has 0 saturated heterocycles. The first-order valence-electron chi connectivity index (χ1n) is 7.75. The second-order valence-corrected chi connectivity index (χ2v) is 6.17. The van der Waals surface area contributed by atoms with Gasteiger partial charge in [0, 0.05) is 29.9 Å². The molecule has 1 aliphatic rings. The zero-order valence-corrected chi connectivity index (χ0v) is 13.0. The summed E-state index contributed by atoms with van der Waals surface area (Å²) in [5.41, 5.74) is 4.93. The van der Waals surface area contributed by atoms with Gasteiger partial charge in [0.2, 0.25) is 0 Å². The molecule has 1 saturated carbocycles. The van der Waals surface area contributed by atoms with Gasteiger partial charge in [-0.15, -0.1) is 0 Å². The number of nitriles is 1. The Balaban J connectivity index is 1.67. The summed E-state index contributed by atoms with van der Waals surface area (Å²) in [6.07, 6.45) is 7.77. The van der Waals surface area contributed by atoms with Gasteiger partial charge in [-0.2, -0.15) is 10.4 Å². The third-order valence-corrected chi connectivity index (χ3v) is 4.68. The van der Waals surface area contributed by atoms with Gasteiger partial charge in [-0.05, 0) is 31.0 Å². The van der Waals surface area contributed by atoms with Crippen LogP contribution in [0.15, 0.2) is 42.9 Å². The first-order valence-corrected chi connectivity index (χ1v) is 7.75. The Labute approximate surface area is 134 Å². The summed E-state index contributed by atoms with van der Waals surface area (Å²) in [5.74, 6) is 0. The van der Waals surface area contributed by atoms with Crippen LogP contribution in [0.2, 0.25) is 0 Å². The summed E-state index contributed by atoms with van der Waals surface area (Å²) in [7, 11) is 2.01. The van der Waals surface area contributed by atoms with Crippen LogP contribution in [0.5, 0.6) is 0 Å². The Kier molecular flexibility index (Phi) is 3.14. The largest absolute Gasteiger partial charge is 0.319 e. The van der Waals surface area contributed by atoms with Crippen molar-refractivity contribution >= 4 is 5.65 Å². The third kappa shape index (κ3) is 2.28. The SMILES string of the molecule is CNCC1(c2ccc(-c3cnc4c(C#N)cnn4c3)cc2)CC1. The number of likely N-dealkylation sites (N-methyl/N-ethyl adjacent to an activating group) is 1. The summed E-state index contributed by atoms with van der Waals surface area (Å²) in [6.45, 7) is 1.03. The van der Waals surface area contributed by atoms with Crippen molar-refractivity contribution in [1.82, 2.24) is 19.9 Å². The van der Waals surface area contributed by atoms with Crippen LogP contribution < -0.4 is 5.32 Å². The van der Waals surface area contributed by atoms with Gasteiger partial charge in [-0.25, -0.2) is 9.50 Å². The quantitative estimate of drug-likeness (QED) is 0.804. The van der Waals surface area contributed by atoms with Crippen LogP contribution in [-0.2, 0) is 5.41 Å². The van der Waals surface area contributed by atoms with Crippen molar-refractivity contribution in [1.29, 1.82) is 5.26 Å². The maximum absolute atomic E-state index is 9.02. The van der Waals surface area contributed by atoms with Crippen molar-refractivity contribution in [3.63, 3.8) is 0 Å². The predicted molar refractivity (Wildman–Crippen MR) is 88.0 cm³/mol. The number of nitrogens with one attached hydrogen (secondary N) is 1. The molecule has 3 aromatic rings. The summed E-state index contributed by atoms with van der Waals surface area (Å²) in [5, 5.41) is 16.5. The molecule has 5 heteroatoms. The van der Waals surface area contributed by atoms with E-state index in [1.165, 1.54) is 18.4 Å². The minimum absolute atomic E-state index is 0.333. The average molecular weight is 303 g/mol. The van der Waals surface area contributed by atoms with E-state index in [1.807, 2.05) is 13.2 Å². The molecule has 0 aliphatic heterocycles. The highest BCUT2D eigenvalue weighted by Crippen LogP contribution is 2.47. The molecule has 4 rings (SSSR count). The molecule has 1 aromatic carbocycles. The maximum atomic E-state index is 9.02. The number of benzene rings is 1. The van der Waals surface area contributed by atoms with Crippen molar-refractivity contribution in [2.75, 3.05) is 13.6 Å². The molecule has 114 valence electrons. The fraction of sp³-hybridized carbons (Fsp3) is 0.278. The van der Waals surface area contributed by atoms with Crippen LogP contribution in [0, 0.1) is 11.3 Å². The van der Waals surface area contributed by atoms with Crippen LogP contribution in [0.4, 0.5) is 0 Å². The van der Waals surface area contributed by atoms with E-state index in [4.69, 9.17) is 5.26 Å². The Morgan fingerprint density at radius 3 is 2.65 bits per heavy atom. The molecule has 0 atom stereocenters. The van der Waals surface area contributed by atoms with Gasteiger partial charge in [0.15, 0.2) is 5.65 Å². The fourth-order valence-electron chi connectivity index (χ4n) is 3.18. The van der Waals surface area contributed by atoms with Gasteiger partial charge in [0.1, 0.15) is 11.6 Å². The topological polar surface area (TPSA) is 66.0 Å². The number of fused-ring (bicyclic) bond motifs is 1. The van der Waals surface area contributed by atoms with E-state index in [9.17, 15) is 0 Å². The molecule has 1 N–H and O–H groups in total. The summed E-state index contributed by atoms with van der Waals surface area (Å²) >= 11 is 0. The van der Waals surface area contributed by atoms with Crippen LogP contribution in [0.3, 0.4) is 0 Å². The van der Waals surface area contributed by atoms with Gasteiger partial charge >= 0.3 is 0 Å². The van der Waals surface area contributed by atoms with E-state index in [0.29, 0.717) is 16.6 Å². The van der Waals surface area contributed by atoms with E-state index in [1.54, 1.807) is 16.9 Å². The Morgan fingerprint density at radius 1 is 1.22 bits per heavy atom. The van der Waals surface area contributed by atoms with Gasteiger partial charge < -0.3 is 5.32 Å². The number of rotatable bonds is 4. The van der Waals surface area contributed by atoms with Gasteiger partial charge in [0.05, 0.1) is 6.20 Å². The summed E-state index contributed by atoms with van der Waals surface area (Å²) in [6, 6.07) is 10.8. The minimum atomic E-state index is 0.333. The molecule has 23 heavy (non-hydrogen) atoms. The molecular weight excluding hydrogens is 286 g/mol. The van der Waals surface area contributed by atoms with Crippen LogP contribution in [0.1, 0.15) is 24.0 Å². The number of aromatic nitrogens is 3. The highest BCUT2D eigenvalue weighted by molar-refractivity contribution is 5.65. The zero-order valence-electron chi connectivity index (χ0n) is 13.0. The molecule has 1 aliphatic carbocycles. The maximum Gasteiger partial charge on any atom is 0.172 e. The Hall–Kier alpha value is -2.71. The lowest BCUT2D eigenvalue weighted by molar-refractivity contribution is 0.624. The van der Waals surface area contributed by atoms with Crippen LogP contribution in [-0.4, -0.2) is 28.2 Å². The molecule has 0 spiro atoms. The second kappa shape index (κ2) is 5.18. The van der Waals surface area contributed by atoms with Gasteiger partial charge in [0.25, 0.3) is 0 Å². The fourth-order valence-corrected chi connectivity index (χ4v) is 3.18. The number of hydrogen-bond donors (Lipinski definition) is 1. The Bertz CT molecular complexity index is 897. The van der Waals surface area contributed by atoms with E-state index in [-0.39, 0.29) is 0 Å². The molecule has 2 heterocycles. The molecule has 0 amide bonds. The van der Waals surface area contributed by atoms with Crippen LogP contribution in [0.25, 0.3) is 16.8 Å². The molecule has 5 nitrogen and oxygen atoms in total. The standard InChI is InChI=1S/C18H17N5/c1-20-12-18(6-7-18)16-4-2-13(3-5-16)15-9-21-17-14(8-19)10-22-23(17)11-15/h2-5,9-11,20H,6-7,12H2,1H3. The predicted octanol–water partition coefficient (Wildman–Crippen LogP) is 2.52. The van der Waals surface area contributed by atoms with E-state index in [2.05, 4.69) is 45.7 Å². The molecule has 0 radical (unpaired) electrons. The third-order valence-electron chi connectivity index (χ3n) is 4.68. The van der Waals surface area contributed by atoms with E-state index in [0.717, 1.165) is 17.7 Å². The van der Waals surface area contributed by atoms with Crippen LogP contribution >= 0.6 is 0 Å². The average Bonchev–Trinajstić information content (AvgIpc) is 3.26. The minimum Gasteiger partial charge on any atom is -0.319 e. The van der Waals surface area contributed by atoms with Crippen molar-refractivity contribution < 1.29 is 0 Å². The normalized spacial score (nSPS) is 15.5. The highest BCUT2D eigenvalue weighted by atomic mass is 15.2. The lowest BCUT2D eigenvalue weighted by Gasteiger charge is -2.15. The number of hydrogen-bond acceptors (Lipinski definition) is 4. The number of nitrogens with zero attached hydrogens (tertiary/aromatic N) is 4. The summed E-state index contributed by atoms with van der Waals surface area (Å²) in [4.78, 5) is 4.37. The van der Waals surface area contributed by atoms with Crippen molar-refractivity contribution in [2.45, 2.75) is 18.3 Å². The second-order valence-electron chi connectivity index (χ2n) is 6.17. The smallest absolute Gasteiger partial charge is 0.172 e. The molecule has 1 fully saturated rings. The van der Waals surface area contributed by atoms with Crippen molar-refractivity contribution in [3.05, 3.63) is 54.0 Å².